The molecule has 196 valence electrons. The Labute approximate surface area is 245 Å². The van der Waals surface area contributed by atoms with Gasteiger partial charge in [0, 0.05) is 32.3 Å². The molecule has 0 spiro atoms. The highest BCUT2D eigenvalue weighted by Gasteiger charge is 2.35. The van der Waals surface area contributed by atoms with Crippen molar-refractivity contribution >= 4 is 48.6 Å². The van der Waals surface area contributed by atoms with Gasteiger partial charge in [0.15, 0.2) is 0 Å². The Bertz CT molecular complexity index is 2080. The average Bonchev–Trinajstić information content (AvgIpc) is 3.51. The number of fused-ring (bicyclic) bond motifs is 6. The lowest BCUT2D eigenvalue weighted by Crippen LogP contribution is -2.16. The van der Waals surface area contributed by atoms with Crippen LogP contribution in [0.25, 0.3) is 42.4 Å². The van der Waals surface area contributed by atoms with Crippen LogP contribution in [0.4, 0.5) is 17.1 Å². The van der Waals surface area contributed by atoms with Crippen LogP contribution in [0.1, 0.15) is 25.0 Å². The summed E-state index contributed by atoms with van der Waals surface area (Å²) in [5.74, 6) is 0. The molecule has 6 aromatic carbocycles. The average molecular weight is 544 g/mol. The van der Waals surface area contributed by atoms with E-state index in [0.717, 1.165) is 5.69 Å². The maximum atomic E-state index is 2.46. The van der Waals surface area contributed by atoms with E-state index in [0.29, 0.717) is 0 Å². The van der Waals surface area contributed by atoms with Gasteiger partial charge in [-0.05, 0) is 69.8 Å². The number of hydrogen-bond donors (Lipinski definition) is 0. The molecule has 0 N–H and O–H groups in total. The summed E-state index contributed by atoms with van der Waals surface area (Å²) in [6.45, 7) is 4.71. The standard InChI is InChI=1S/C39H29NS/c1-39(2)34-19-8-6-16-30(34)31-23-22-29(25-35(31)39)40(28-15-10-14-27(24-28)26-12-4-3-5-13-26)36-20-11-18-33-32-17-7-9-21-37(32)41-38(33)36/h3-25H,1-2H3. The van der Waals surface area contributed by atoms with Gasteiger partial charge in [0.1, 0.15) is 0 Å². The molecule has 0 radical (unpaired) electrons. The highest BCUT2D eigenvalue weighted by molar-refractivity contribution is 7.26. The van der Waals surface area contributed by atoms with E-state index in [9.17, 15) is 0 Å². The third kappa shape index (κ3) is 3.75. The van der Waals surface area contributed by atoms with Crippen molar-refractivity contribution in [3.63, 3.8) is 0 Å². The number of anilines is 3. The van der Waals surface area contributed by atoms with Crippen molar-refractivity contribution < 1.29 is 0 Å². The first-order valence-electron chi connectivity index (χ1n) is 14.2. The minimum Gasteiger partial charge on any atom is -0.309 e. The molecule has 2 heteroatoms. The summed E-state index contributed by atoms with van der Waals surface area (Å²) in [4.78, 5) is 2.46. The van der Waals surface area contributed by atoms with Crippen LogP contribution >= 0.6 is 11.3 Å². The molecule has 0 atom stereocenters. The summed E-state index contributed by atoms with van der Waals surface area (Å²) in [5.41, 5.74) is 11.4. The van der Waals surface area contributed by atoms with Gasteiger partial charge in [-0.15, -0.1) is 11.3 Å². The molecule has 1 aliphatic rings. The molecule has 0 bridgehead atoms. The zero-order valence-electron chi connectivity index (χ0n) is 23.1. The maximum absolute atomic E-state index is 2.46. The second-order valence-corrected chi connectivity index (χ2v) is 12.5. The van der Waals surface area contributed by atoms with Gasteiger partial charge in [-0.3, -0.25) is 0 Å². The molecular formula is C39H29NS. The Kier molecular flexibility index (Phi) is 5.42. The van der Waals surface area contributed by atoms with Gasteiger partial charge >= 0.3 is 0 Å². The molecular weight excluding hydrogens is 515 g/mol. The smallest absolute Gasteiger partial charge is 0.0640 e. The predicted octanol–water partition coefficient (Wildman–Crippen LogP) is 11.5. The van der Waals surface area contributed by atoms with E-state index in [4.69, 9.17) is 0 Å². The van der Waals surface area contributed by atoms with E-state index in [2.05, 4.69) is 158 Å². The predicted molar refractivity (Wildman–Crippen MR) is 177 cm³/mol. The minimum absolute atomic E-state index is 0.0664. The molecule has 0 amide bonds. The number of benzene rings is 6. The highest BCUT2D eigenvalue weighted by Crippen LogP contribution is 2.51. The van der Waals surface area contributed by atoms with Crippen molar-refractivity contribution in [1.82, 2.24) is 0 Å². The van der Waals surface area contributed by atoms with Gasteiger partial charge in [-0.25, -0.2) is 0 Å². The topological polar surface area (TPSA) is 3.24 Å². The molecule has 0 saturated heterocycles. The van der Waals surface area contributed by atoms with E-state index in [1.54, 1.807) is 0 Å². The maximum Gasteiger partial charge on any atom is 0.0640 e. The van der Waals surface area contributed by atoms with Gasteiger partial charge in [0.05, 0.1) is 10.4 Å². The second kappa shape index (κ2) is 9.19. The Morgan fingerprint density at radius 2 is 1.20 bits per heavy atom. The van der Waals surface area contributed by atoms with Crippen LogP contribution in [0, 0.1) is 0 Å². The molecule has 0 saturated carbocycles. The van der Waals surface area contributed by atoms with Crippen LogP contribution in [0.5, 0.6) is 0 Å². The number of hydrogen-bond acceptors (Lipinski definition) is 2. The molecule has 0 aliphatic heterocycles. The van der Waals surface area contributed by atoms with Crippen molar-refractivity contribution in [1.29, 1.82) is 0 Å². The molecule has 1 aliphatic carbocycles. The van der Waals surface area contributed by atoms with Gasteiger partial charge in [-0.2, -0.15) is 0 Å². The third-order valence-electron chi connectivity index (χ3n) is 8.66. The van der Waals surface area contributed by atoms with Crippen LogP contribution in [0.2, 0.25) is 0 Å². The van der Waals surface area contributed by atoms with E-state index in [1.165, 1.54) is 64.9 Å². The first kappa shape index (κ1) is 24.2. The normalized spacial score (nSPS) is 13.3. The molecule has 0 unspecified atom stereocenters. The first-order valence-corrected chi connectivity index (χ1v) is 15.0. The molecule has 8 rings (SSSR count). The van der Waals surface area contributed by atoms with Crippen LogP contribution in [-0.2, 0) is 5.41 Å². The van der Waals surface area contributed by atoms with Crippen LogP contribution in [0.3, 0.4) is 0 Å². The summed E-state index contributed by atoms with van der Waals surface area (Å²) >= 11 is 1.88. The second-order valence-electron chi connectivity index (χ2n) is 11.4. The van der Waals surface area contributed by atoms with Crippen molar-refractivity contribution in [3.05, 3.63) is 151 Å². The molecule has 41 heavy (non-hydrogen) atoms. The van der Waals surface area contributed by atoms with E-state index in [-0.39, 0.29) is 5.41 Å². The lowest BCUT2D eigenvalue weighted by Gasteiger charge is -2.29. The van der Waals surface area contributed by atoms with Crippen LogP contribution in [0.15, 0.2) is 140 Å². The van der Waals surface area contributed by atoms with Gasteiger partial charge in [0.2, 0.25) is 0 Å². The number of rotatable bonds is 4. The molecule has 0 fully saturated rings. The quantitative estimate of drug-likeness (QED) is 0.213. The first-order chi connectivity index (χ1) is 20.1. The van der Waals surface area contributed by atoms with Crippen molar-refractivity contribution in [2.24, 2.45) is 0 Å². The molecule has 1 heterocycles. The molecule has 7 aromatic rings. The van der Waals surface area contributed by atoms with E-state index < -0.39 is 0 Å². The monoisotopic (exact) mass is 543 g/mol. The Balaban J connectivity index is 1.38. The van der Waals surface area contributed by atoms with Crippen molar-refractivity contribution in [2.75, 3.05) is 4.90 Å². The zero-order valence-corrected chi connectivity index (χ0v) is 24.0. The van der Waals surface area contributed by atoms with Crippen molar-refractivity contribution in [3.8, 4) is 22.3 Å². The zero-order chi connectivity index (χ0) is 27.6. The Hall–Kier alpha value is -4.66. The summed E-state index contributed by atoms with van der Waals surface area (Å²) in [6, 6.07) is 51.1. The van der Waals surface area contributed by atoms with Gasteiger partial charge in [-0.1, -0.05) is 117 Å². The van der Waals surface area contributed by atoms with Gasteiger partial charge < -0.3 is 4.90 Å². The van der Waals surface area contributed by atoms with E-state index in [1.807, 2.05) is 11.3 Å². The van der Waals surface area contributed by atoms with Crippen molar-refractivity contribution in [2.45, 2.75) is 19.3 Å². The van der Waals surface area contributed by atoms with Gasteiger partial charge in [0.25, 0.3) is 0 Å². The summed E-state index contributed by atoms with van der Waals surface area (Å²) in [6.07, 6.45) is 0. The highest BCUT2D eigenvalue weighted by atomic mass is 32.1. The summed E-state index contributed by atoms with van der Waals surface area (Å²) in [7, 11) is 0. The summed E-state index contributed by atoms with van der Waals surface area (Å²) in [5, 5.41) is 2.62. The van der Waals surface area contributed by atoms with Crippen LogP contribution < -0.4 is 4.90 Å². The largest absolute Gasteiger partial charge is 0.309 e. The SMILES string of the molecule is CC1(C)c2ccccc2-c2ccc(N(c3cccc(-c4ccccc4)c3)c3cccc4c3sc3ccccc34)cc21. The number of nitrogens with zero attached hydrogens (tertiary/aromatic N) is 1. The lowest BCUT2D eigenvalue weighted by molar-refractivity contribution is 0.660. The van der Waals surface area contributed by atoms with E-state index >= 15 is 0 Å². The number of thiophene rings is 1. The Morgan fingerprint density at radius 1 is 0.512 bits per heavy atom. The Morgan fingerprint density at radius 3 is 2.10 bits per heavy atom. The molecule has 1 aromatic heterocycles. The third-order valence-corrected chi connectivity index (χ3v) is 9.87. The fraction of sp³-hybridized carbons (Fsp3) is 0.0769. The minimum atomic E-state index is -0.0664. The fourth-order valence-corrected chi connectivity index (χ4v) is 7.83. The fourth-order valence-electron chi connectivity index (χ4n) is 6.62. The lowest BCUT2D eigenvalue weighted by atomic mass is 9.82. The van der Waals surface area contributed by atoms with Crippen LogP contribution in [-0.4, -0.2) is 0 Å². The molecule has 1 nitrogen and oxygen atoms in total. The summed E-state index contributed by atoms with van der Waals surface area (Å²) < 4.78 is 2.63.